The minimum atomic E-state index is -0.596. The Balaban J connectivity index is 2.70. The average Bonchev–Trinajstić information content (AvgIpc) is 2.56. The second-order valence-electron chi connectivity index (χ2n) is 3.24. The molecule has 0 radical (unpaired) electrons. The maximum Gasteiger partial charge on any atom is 0.396 e. The number of fused-ring (bicyclic) bond motifs is 1. The minimum Gasteiger partial charge on any atom is -0.413 e. The van der Waals surface area contributed by atoms with Crippen LogP contribution in [0.5, 0.6) is 0 Å². The Kier molecular flexibility index (Phi) is 2.42. The number of benzene rings is 1. The van der Waals surface area contributed by atoms with E-state index >= 15 is 0 Å². The molecule has 1 aromatic heterocycles. The van der Waals surface area contributed by atoms with E-state index in [0.29, 0.717) is 15.8 Å². The predicted octanol–water partition coefficient (Wildman–Crippen LogP) is 1.38. The summed E-state index contributed by atoms with van der Waals surface area (Å²) >= 11 is 0.980. The van der Waals surface area contributed by atoms with Crippen LogP contribution in [0.15, 0.2) is 27.4 Å². The Labute approximate surface area is 89.3 Å². The Bertz CT molecular complexity index is 567. The fourth-order valence-corrected chi connectivity index (χ4v) is 2.03. The van der Waals surface area contributed by atoms with Crippen LogP contribution in [0.4, 0.5) is 0 Å². The lowest BCUT2D eigenvalue weighted by atomic mass is 10.1. The lowest BCUT2D eigenvalue weighted by Crippen LogP contribution is -2.26. The molecule has 0 spiro atoms. The van der Waals surface area contributed by atoms with Crippen molar-refractivity contribution in [1.82, 2.24) is 0 Å². The van der Waals surface area contributed by atoms with Crippen LogP contribution in [0.2, 0.25) is 0 Å². The monoisotopic (exact) mass is 223 g/mol. The van der Waals surface area contributed by atoms with Gasteiger partial charge in [0.1, 0.15) is 0 Å². The number of hydrogen-bond donors (Lipinski definition) is 1. The normalized spacial score (nSPS) is 12.9. The van der Waals surface area contributed by atoms with Crippen molar-refractivity contribution in [1.29, 1.82) is 0 Å². The highest BCUT2D eigenvalue weighted by Gasteiger charge is 2.16. The highest BCUT2D eigenvalue weighted by molar-refractivity contribution is 7.16. The standard InChI is InChI=1S/C10H9NO3S/c1-5(11)8(12)6-3-2-4-7-9(6)14-10(13)15-7/h2-5H,11H2,1H3. The first-order chi connectivity index (χ1) is 7.09. The molecule has 0 saturated carbocycles. The first kappa shape index (κ1) is 10.1. The molecular formula is C10H9NO3S. The lowest BCUT2D eigenvalue weighted by molar-refractivity contribution is 0.0968. The second-order valence-corrected chi connectivity index (χ2v) is 4.22. The fraction of sp³-hybridized carbons (Fsp3) is 0.200. The van der Waals surface area contributed by atoms with E-state index in [1.165, 1.54) is 0 Å². The van der Waals surface area contributed by atoms with Gasteiger partial charge in [-0.25, -0.2) is 4.79 Å². The molecule has 0 saturated heterocycles. The number of carbonyl (C=O) groups excluding carboxylic acids is 1. The summed E-state index contributed by atoms with van der Waals surface area (Å²) in [4.78, 5) is 22.3. The molecule has 0 aliphatic carbocycles. The van der Waals surface area contributed by atoms with Gasteiger partial charge in [0.25, 0.3) is 0 Å². The molecule has 78 valence electrons. The highest BCUT2D eigenvalue weighted by atomic mass is 32.1. The van der Waals surface area contributed by atoms with E-state index in [9.17, 15) is 9.59 Å². The van der Waals surface area contributed by atoms with Crippen molar-refractivity contribution >= 4 is 27.4 Å². The molecule has 1 heterocycles. The number of Topliss-reactive ketones (excluding diaryl/α,β-unsaturated/α-hetero) is 1. The van der Waals surface area contributed by atoms with E-state index in [0.717, 1.165) is 11.3 Å². The van der Waals surface area contributed by atoms with Gasteiger partial charge in [-0.1, -0.05) is 17.4 Å². The van der Waals surface area contributed by atoms with E-state index in [2.05, 4.69) is 0 Å². The third-order valence-corrected chi connectivity index (χ3v) is 2.83. The molecule has 1 atom stereocenters. The van der Waals surface area contributed by atoms with Crippen molar-refractivity contribution in [3.05, 3.63) is 33.5 Å². The lowest BCUT2D eigenvalue weighted by Gasteiger charge is -2.03. The van der Waals surface area contributed by atoms with Gasteiger partial charge in [0.05, 0.1) is 16.3 Å². The average molecular weight is 223 g/mol. The number of para-hydroxylation sites is 1. The van der Waals surface area contributed by atoms with E-state index < -0.39 is 11.0 Å². The van der Waals surface area contributed by atoms with Crippen molar-refractivity contribution in [3.63, 3.8) is 0 Å². The number of ketones is 1. The maximum absolute atomic E-state index is 11.7. The molecule has 1 aromatic carbocycles. The third kappa shape index (κ3) is 1.71. The van der Waals surface area contributed by atoms with Gasteiger partial charge >= 0.3 is 4.94 Å². The summed E-state index contributed by atoms with van der Waals surface area (Å²) in [5.74, 6) is -0.220. The van der Waals surface area contributed by atoms with Gasteiger partial charge in [-0.3, -0.25) is 4.79 Å². The van der Waals surface area contributed by atoms with Gasteiger partial charge < -0.3 is 10.2 Å². The van der Waals surface area contributed by atoms with E-state index in [-0.39, 0.29) is 5.78 Å². The van der Waals surface area contributed by atoms with Crippen molar-refractivity contribution in [2.75, 3.05) is 0 Å². The molecular weight excluding hydrogens is 214 g/mol. The van der Waals surface area contributed by atoms with Gasteiger partial charge in [-0.2, -0.15) is 0 Å². The Morgan fingerprint density at radius 3 is 2.93 bits per heavy atom. The molecule has 0 amide bonds. The quantitative estimate of drug-likeness (QED) is 0.781. The molecule has 2 rings (SSSR count). The first-order valence-electron chi connectivity index (χ1n) is 4.42. The zero-order chi connectivity index (χ0) is 11.0. The van der Waals surface area contributed by atoms with Crippen LogP contribution < -0.4 is 10.7 Å². The molecule has 1 unspecified atom stereocenters. The predicted molar refractivity (Wildman–Crippen MR) is 58.3 cm³/mol. The number of hydrogen-bond acceptors (Lipinski definition) is 5. The van der Waals surface area contributed by atoms with Crippen LogP contribution in [-0.4, -0.2) is 11.8 Å². The second kappa shape index (κ2) is 3.60. The van der Waals surface area contributed by atoms with Crippen LogP contribution in [0.1, 0.15) is 17.3 Å². The number of nitrogens with two attached hydrogens (primary N) is 1. The Hall–Kier alpha value is -1.46. The van der Waals surface area contributed by atoms with E-state index in [4.69, 9.17) is 10.2 Å². The van der Waals surface area contributed by atoms with Gasteiger partial charge in [0.2, 0.25) is 0 Å². The van der Waals surface area contributed by atoms with E-state index in [1.807, 2.05) is 0 Å². The van der Waals surface area contributed by atoms with Crippen LogP contribution in [0, 0.1) is 0 Å². The smallest absolute Gasteiger partial charge is 0.396 e. The Morgan fingerprint density at radius 2 is 2.27 bits per heavy atom. The topological polar surface area (TPSA) is 73.3 Å². The van der Waals surface area contributed by atoms with Crippen molar-refractivity contribution in [2.45, 2.75) is 13.0 Å². The van der Waals surface area contributed by atoms with Gasteiger partial charge in [0, 0.05) is 0 Å². The van der Waals surface area contributed by atoms with Crippen LogP contribution >= 0.6 is 11.3 Å². The fourth-order valence-electron chi connectivity index (χ4n) is 1.33. The number of rotatable bonds is 2. The SMILES string of the molecule is CC(N)C(=O)c1cccc2sc(=O)oc12. The molecule has 0 aliphatic rings. The summed E-state index contributed by atoms with van der Waals surface area (Å²) < 4.78 is 5.63. The zero-order valence-corrected chi connectivity index (χ0v) is 8.84. The van der Waals surface area contributed by atoms with Crippen molar-refractivity contribution in [2.24, 2.45) is 5.73 Å². The summed E-state index contributed by atoms with van der Waals surface area (Å²) in [6, 6.07) is 4.47. The summed E-state index contributed by atoms with van der Waals surface area (Å²) in [6.07, 6.45) is 0. The van der Waals surface area contributed by atoms with Crippen LogP contribution in [-0.2, 0) is 0 Å². The maximum atomic E-state index is 11.7. The first-order valence-corrected chi connectivity index (χ1v) is 5.23. The van der Waals surface area contributed by atoms with Crippen molar-refractivity contribution < 1.29 is 9.21 Å². The molecule has 15 heavy (non-hydrogen) atoms. The molecule has 2 N–H and O–H groups in total. The molecule has 0 aliphatic heterocycles. The van der Waals surface area contributed by atoms with Crippen molar-refractivity contribution in [3.8, 4) is 0 Å². The summed E-state index contributed by atoms with van der Waals surface area (Å²) in [6.45, 7) is 1.60. The third-order valence-electron chi connectivity index (χ3n) is 2.04. The van der Waals surface area contributed by atoms with Gasteiger partial charge in [-0.05, 0) is 19.1 Å². The molecule has 4 nitrogen and oxygen atoms in total. The van der Waals surface area contributed by atoms with Gasteiger partial charge in [0.15, 0.2) is 11.4 Å². The van der Waals surface area contributed by atoms with Crippen LogP contribution in [0.3, 0.4) is 0 Å². The number of carbonyl (C=O) groups is 1. The largest absolute Gasteiger partial charge is 0.413 e. The molecule has 5 heteroatoms. The Morgan fingerprint density at radius 1 is 1.53 bits per heavy atom. The van der Waals surface area contributed by atoms with E-state index in [1.54, 1.807) is 25.1 Å². The molecule has 0 fully saturated rings. The summed E-state index contributed by atoms with van der Waals surface area (Å²) in [5.41, 5.74) is 6.22. The molecule has 2 aromatic rings. The summed E-state index contributed by atoms with van der Waals surface area (Å²) in [5, 5.41) is 0. The minimum absolute atomic E-state index is 0.220. The van der Waals surface area contributed by atoms with Gasteiger partial charge in [-0.15, -0.1) is 0 Å². The highest BCUT2D eigenvalue weighted by Crippen LogP contribution is 2.21. The summed E-state index contributed by atoms with van der Waals surface area (Å²) in [7, 11) is 0. The van der Waals surface area contributed by atoms with Crippen LogP contribution in [0.25, 0.3) is 10.3 Å². The molecule has 0 bridgehead atoms. The zero-order valence-electron chi connectivity index (χ0n) is 8.02.